The largest absolute Gasteiger partial charge is 0.465 e. The Kier molecular flexibility index (Phi) is 6.65. The number of esters is 1. The summed E-state index contributed by atoms with van der Waals surface area (Å²) in [7, 11) is 1.35. The van der Waals surface area contributed by atoms with E-state index in [1.807, 2.05) is 19.1 Å². The summed E-state index contributed by atoms with van der Waals surface area (Å²) in [5, 5.41) is 6.15. The number of hydrogen-bond acceptors (Lipinski definition) is 4. The third-order valence-electron chi connectivity index (χ3n) is 3.57. The molecule has 2 atom stereocenters. The Hall–Kier alpha value is -1.59. The van der Waals surface area contributed by atoms with Gasteiger partial charge in [0.2, 0.25) is 5.91 Å². The number of hydrogen-bond donors (Lipinski definition) is 2. The Labute approximate surface area is 130 Å². The van der Waals surface area contributed by atoms with Crippen molar-refractivity contribution in [1.82, 2.24) is 10.6 Å². The summed E-state index contributed by atoms with van der Waals surface area (Å²) in [4.78, 5) is 23.3. The lowest BCUT2D eigenvalue weighted by Gasteiger charge is -2.17. The van der Waals surface area contributed by atoms with Crippen molar-refractivity contribution in [2.24, 2.45) is 0 Å². The van der Waals surface area contributed by atoms with Crippen LogP contribution in [0.4, 0.5) is 0 Å². The van der Waals surface area contributed by atoms with Gasteiger partial charge in [0.1, 0.15) is 0 Å². The molecule has 1 heterocycles. The van der Waals surface area contributed by atoms with E-state index in [4.69, 9.17) is 0 Å². The zero-order chi connectivity index (χ0) is 14.5. The minimum absolute atomic E-state index is 0. The topological polar surface area (TPSA) is 67.4 Å². The molecule has 1 aliphatic heterocycles. The number of carbonyl (C=O) groups is 2. The van der Waals surface area contributed by atoms with Crippen molar-refractivity contribution in [3.8, 4) is 0 Å². The van der Waals surface area contributed by atoms with Crippen LogP contribution < -0.4 is 10.6 Å². The van der Waals surface area contributed by atoms with E-state index in [1.165, 1.54) is 7.11 Å². The zero-order valence-electron chi connectivity index (χ0n) is 12.2. The van der Waals surface area contributed by atoms with Crippen molar-refractivity contribution in [3.05, 3.63) is 35.4 Å². The van der Waals surface area contributed by atoms with Gasteiger partial charge in [0.25, 0.3) is 0 Å². The van der Waals surface area contributed by atoms with Gasteiger partial charge >= 0.3 is 5.97 Å². The highest BCUT2D eigenvalue weighted by atomic mass is 35.5. The molecule has 1 amide bonds. The molecular formula is C15H21ClN2O3. The van der Waals surface area contributed by atoms with Gasteiger partial charge < -0.3 is 15.4 Å². The van der Waals surface area contributed by atoms with Crippen LogP contribution in [0.15, 0.2) is 24.3 Å². The first-order chi connectivity index (χ1) is 9.61. The van der Waals surface area contributed by atoms with E-state index in [0.29, 0.717) is 5.56 Å². The van der Waals surface area contributed by atoms with Crippen LogP contribution in [0.2, 0.25) is 0 Å². The molecule has 0 bridgehead atoms. The molecule has 0 spiro atoms. The molecule has 0 aliphatic carbocycles. The van der Waals surface area contributed by atoms with E-state index < -0.39 is 0 Å². The molecule has 0 radical (unpaired) electrons. The van der Waals surface area contributed by atoms with Crippen LogP contribution in [-0.4, -0.2) is 31.6 Å². The Morgan fingerprint density at radius 3 is 2.52 bits per heavy atom. The Morgan fingerprint density at radius 1 is 1.33 bits per heavy atom. The maximum absolute atomic E-state index is 12.0. The van der Waals surface area contributed by atoms with Gasteiger partial charge in [-0.25, -0.2) is 4.79 Å². The molecule has 116 valence electrons. The van der Waals surface area contributed by atoms with Gasteiger partial charge in [0.15, 0.2) is 0 Å². The second-order valence-electron chi connectivity index (χ2n) is 4.99. The van der Waals surface area contributed by atoms with E-state index in [9.17, 15) is 9.59 Å². The number of ether oxygens (including phenoxy) is 1. The molecule has 2 rings (SSSR count). The second-order valence-corrected chi connectivity index (χ2v) is 4.99. The normalized spacial score (nSPS) is 18.5. The van der Waals surface area contributed by atoms with Crippen LogP contribution in [0, 0.1) is 0 Å². The van der Waals surface area contributed by atoms with E-state index in [2.05, 4.69) is 15.4 Å². The van der Waals surface area contributed by atoms with Crippen LogP contribution in [0.3, 0.4) is 0 Å². The fraction of sp³-hybridized carbons (Fsp3) is 0.467. The summed E-state index contributed by atoms with van der Waals surface area (Å²) in [6.07, 6.45) is 1.93. The molecule has 1 saturated heterocycles. The highest BCUT2D eigenvalue weighted by molar-refractivity contribution is 5.89. The molecule has 1 aliphatic rings. The molecule has 1 aromatic carbocycles. The number of methoxy groups -OCH3 is 1. The monoisotopic (exact) mass is 312 g/mol. The summed E-state index contributed by atoms with van der Waals surface area (Å²) in [5.41, 5.74) is 1.47. The first-order valence-corrected chi connectivity index (χ1v) is 6.84. The van der Waals surface area contributed by atoms with Crippen LogP contribution in [0.25, 0.3) is 0 Å². The minimum atomic E-state index is -0.358. The highest BCUT2D eigenvalue weighted by Crippen LogP contribution is 2.15. The molecule has 0 unspecified atom stereocenters. The summed E-state index contributed by atoms with van der Waals surface area (Å²) >= 11 is 0. The number of nitrogens with one attached hydrogen (secondary N) is 2. The van der Waals surface area contributed by atoms with Gasteiger partial charge in [-0.15, -0.1) is 12.4 Å². The van der Waals surface area contributed by atoms with Crippen LogP contribution in [-0.2, 0) is 9.53 Å². The van der Waals surface area contributed by atoms with Gasteiger partial charge in [-0.05, 0) is 44.0 Å². The van der Waals surface area contributed by atoms with Gasteiger partial charge in [-0.2, -0.15) is 0 Å². The number of carbonyl (C=O) groups excluding carboxylic acids is 2. The van der Waals surface area contributed by atoms with Crippen LogP contribution in [0.5, 0.6) is 0 Å². The quantitative estimate of drug-likeness (QED) is 0.832. The molecule has 0 aromatic heterocycles. The van der Waals surface area contributed by atoms with E-state index >= 15 is 0 Å². The van der Waals surface area contributed by atoms with Crippen molar-refractivity contribution in [1.29, 1.82) is 0 Å². The van der Waals surface area contributed by atoms with Crippen molar-refractivity contribution < 1.29 is 14.3 Å². The number of benzene rings is 1. The summed E-state index contributed by atoms with van der Waals surface area (Å²) in [6.45, 7) is 2.83. The average Bonchev–Trinajstić information content (AvgIpc) is 3.01. The van der Waals surface area contributed by atoms with Crippen molar-refractivity contribution >= 4 is 24.3 Å². The molecule has 5 nitrogen and oxygen atoms in total. The molecule has 6 heteroatoms. The van der Waals surface area contributed by atoms with Crippen LogP contribution >= 0.6 is 12.4 Å². The Morgan fingerprint density at radius 2 is 2.00 bits per heavy atom. The Bertz CT molecular complexity index is 484. The van der Waals surface area contributed by atoms with Gasteiger partial charge in [0, 0.05) is 0 Å². The predicted octanol–water partition coefficient (Wildman–Crippen LogP) is 1.82. The van der Waals surface area contributed by atoms with Crippen molar-refractivity contribution in [2.45, 2.75) is 31.8 Å². The maximum atomic E-state index is 12.0. The standard InChI is InChI=1S/C15H20N2O3.ClH/c1-10(17-14(18)13-4-3-9-16-13)11-5-7-12(8-6-11)15(19)20-2;/h5-8,10,13,16H,3-4,9H2,1-2H3,(H,17,18);1H/t10-,13+;/m0./s1. The van der Waals surface area contributed by atoms with Gasteiger partial charge in [-0.3, -0.25) is 4.79 Å². The molecule has 2 N–H and O–H groups in total. The molecular weight excluding hydrogens is 292 g/mol. The third kappa shape index (κ3) is 4.44. The summed E-state index contributed by atoms with van der Waals surface area (Å²) in [6, 6.07) is 6.91. The third-order valence-corrected chi connectivity index (χ3v) is 3.57. The highest BCUT2D eigenvalue weighted by Gasteiger charge is 2.23. The molecule has 0 saturated carbocycles. The van der Waals surface area contributed by atoms with Crippen LogP contribution in [0.1, 0.15) is 41.7 Å². The second kappa shape index (κ2) is 8.00. The minimum Gasteiger partial charge on any atom is -0.465 e. The number of amides is 1. The maximum Gasteiger partial charge on any atom is 0.337 e. The summed E-state index contributed by atoms with van der Waals surface area (Å²) in [5.74, 6) is -0.324. The summed E-state index contributed by atoms with van der Waals surface area (Å²) < 4.78 is 4.65. The fourth-order valence-corrected chi connectivity index (χ4v) is 2.33. The lowest BCUT2D eigenvalue weighted by Crippen LogP contribution is -2.41. The fourth-order valence-electron chi connectivity index (χ4n) is 2.33. The molecule has 1 fully saturated rings. The lowest BCUT2D eigenvalue weighted by molar-refractivity contribution is -0.123. The van der Waals surface area contributed by atoms with Gasteiger partial charge in [-0.1, -0.05) is 12.1 Å². The molecule has 21 heavy (non-hydrogen) atoms. The smallest absolute Gasteiger partial charge is 0.337 e. The lowest BCUT2D eigenvalue weighted by atomic mass is 10.1. The predicted molar refractivity (Wildman–Crippen MR) is 82.6 cm³/mol. The van der Waals surface area contributed by atoms with Crippen molar-refractivity contribution in [2.75, 3.05) is 13.7 Å². The first-order valence-electron chi connectivity index (χ1n) is 6.84. The van der Waals surface area contributed by atoms with Crippen molar-refractivity contribution in [3.63, 3.8) is 0 Å². The van der Waals surface area contributed by atoms with E-state index in [0.717, 1.165) is 24.9 Å². The zero-order valence-corrected chi connectivity index (χ0v) is 13.0. The van der Waals surface area contributed by atoms with Gasteiger partial charge in [0.05, 0.1) is 24.8 Å². The molecule has 1 aromatic rings. The number of halogens is 1. The Balaban J connectivity index is 0.00000220. The van der Waals surface area contributed by atoms with E-state index in [1.54, 1.807) is 12.1 Å². The number of rotatable bonds is 4. The first kappa shape index (κ1) is 17.5. The van der Waals surface area contributed by atoms with E-state index in [-0.39, 0.29) is 36.4 Å². The SMILES string of the molecule is COC(=O)c1ccc([C@H](C)NC(=O)[C@H]2CCCN2)cc1.Cl. The average molecular weight is 313 g/mol.